The number of halogens is 2. The minimum atomic E-state index is -0.0801. The summed E-state index contributed by atoms with van der Waals surface area (Å²) in [5, 5.41) is 0. The van der Waals surface area contributed by atoms with Gasteiger partial charge in [0.05, 0.1) is 0 Å². The molecule has 0 amide bonds. The molecule has 21 heavy (non-hydrogen) atoms. The van der Waals surface area contributed by atoms with Gasteiger partial charge in [-0.3, -0.25) is 0 Å². The fraction of sp³-hybridized carbons (Fsp3) is 0.250. The summed E-state index contributed by atoms with van der Waals surface area (Å²) in [6, 6.07) is 13.5. The molecule has 0 saturated heterocycles. The second-order valence-electron chi connectivity index (χ2n) is 4.63. The van der Waals surface area contributed by atoms with E-state index in [0.29, 0.717) is 13.2 Å². The molecule has 0 saturated carbocycles. The van der Waals surface area contributed by atoms with Crippen LogP contribution >= 0.6 is 31.9 Å². The molecule has 0 fully saturated rings. The molecule has 0 radical (unpaired) electrons. The van der Waals surface area contributed by atoms with Crippen molar-refractivity contribution in [3.8, 4) is 11.5 Å². The maximum Gasteiger partial charge on any atom is 0.124 e. The minimum absolute atomic E-state index is 0.0801. The molecule has 0 aromatic heterocycles. The van der Waals surface area contributed by atoms with Gasteiger partial charge >= 0.3 is 0 Å². The summed E-state index contributed by atoms with van der Waals surface area (Å²) in [6.45, 7) is 2.88. The summed E-state index contributed by atoms with van der Waals surface area (Å²) in [4.78, 5) is 0. The van der Waals surface area contributed by atoms with E-state index in [0.717, 1.165) is 26.0 Å². The van der Waals surface area contributed by atoms with Crippen LogP contribution in [0.3, 0.4) is 0 Å². The zero-order valence-electron chi connectivity index (χ0n) is 11.7. The van der Waals surface area contributed by atoms with Gasteiger partial charge in [-0.1, -0.05) is 37.9 Å². The summed E-state index contributed by atoms with van der Waals surface area (Å²) in [7, 11) is 0. The molecule has 0 spiro atoms. The van der Waals surface area contributed by atoms with Crippen LogP contribution < -0.4 is 15.2 Å². The Bertz CT molecular complexity index is 603. The van der Waals surface area contributed by atoms with Crippen molar-refractivity contribution in [2.24, 2.45) is 5.73 Å². The molecule has 0 bridgehead atoms. The number of rotatable bonds is 6. The first-order valence-corrected chi connectivity index (χ1v) is 8.21. The highest BCUT2D eigenvalue weighted by Gasteiger charge is 2.08. The highest BCUT2D eigenvalue weighted by molar-refractivity contribution is 9.10. The highest BCUT2D eigenvalue weighted by atomic mass is 79.9. The first-order valence-electron chi connectivity index (χ1n) is 6.62. The number of hydrogen-bond acceptors (Lipinski definition) is 3. The van der Waals surface area contributed by atoms with Crippen molar-refractivity contribution in [3.05, 3.63) is 57.0 Å². The van der Waals surface area contributed by atoms with Crippen LogP contribution in [0.25, 0.3) is 0 Å². The first kappa shape index (κ1) is 16.3. The second-order valence-corrected chi connectivity index (χ2v) is 6.46. The third kappa shape index (κ3) is 5.02. The molecule has 112 valence electrons. The smallest absolute Gasteiger partial charge is 0.124 e. The van der Waals surface area contributed by atoms with E-state index in [1.807, 2.05) is 49.4 Å². The minimum Gasteiger partial charge on any atom is -0.490 e. The predicted octanol–water partition coefficient (Wildman–Crippen LogP) is 4.69. The zero-order valence-corrected chi connectivity index (χ0v) is 14.9. The third-order valence-corrected chi connectivity index (χ3v) is 3.85. The van der Waals surface area contributed by atoms with E-state index in [1.54, 1.807) is 0 Å². The van der Waals surface area contributed by atoms with Crippen LogP contribution in [0.4, 0.5) is 0 Å². The van der Waals surface area contributed by atoms with Gasteiger partial charge in [0.15, 0.2) is 0 Å². The van der Waals surface area contributed by atoms with E-state index in [4.69, 9.17) is 15.2 Å². The Morgan fingerprint density at radius 3 is 2.43 bits per heavy atom. The van der Waals surface area contributed by atoms with E-state index >= 15 is 0 Å². The van der Waals surface area contributed by atoms with Crippen molar-refractivity contribution in [2.45, 2.75) is 13.0 Å². The molecule has 2 N–H and O–H groups in total. The van der Waals surface area contributed by atoms with Gasteiger partial charge in [-0.25, -0.2) is 0 Å². The number of nitrogens with two attached hydrogens (primary N) is 1. The Kier molecular flexibility index (Phi) is 6.08. The highest BCUT2D eigenvalue weighted by Crippen LogP contribution is 2.27. The van der Waals surface area contributed by atoms with Gasteiger partial charge in [0, 0.05) is 20.6 Å². The van der Waals surface area contributed by atoms with Crippen LogP contribution in [0.15, 0.2) is 51.4 Å². The summed E-state index contributed by atoms with van der Waals surface area (Å²) in [5.41, 5.74) is 6.94. The maximum absolute atomic E-state index is 5.96. The quantitative estimate of drug-likeness (QED) is 0.697. The Morgan fingerprint density at radius 2 is 1.71 bits per heavy atom. The lowest BCUT2D eigenvalue weighted by Crippen LogP contribution is -2.12. The monoisotopic (exact) mass is 413 g/mol. The van der Waals surface area contributed by atoms with Gasteiger partial charge in [0.25, 0.3) is 0 Å². The van der Waals surface area contributed by atoms with Gasteiger partial charge in [-0.2, -0.15) is 0 Å². The lowest BCUT2D eigenvalue weighted by molar-refractivity contribution is 0.215. The van der Waals surface area contributed by atoms with Crippen LogP contribution in [-0.4, -0.2) is 13.2 Å². The fourth-order valence-corrected chi connectivity index (χ4v) is 2.63. The summed E-state index contributed by atoms with van der Waals surface area (Å²) in [5.74, 6) is 1.61. The summed E-state index contributed by atoms with van der Waals surface area (Å²) < 4.78 is 13.4. The SMILES string of the molecule is C[C@@H](N)c1cc(Br)ccc1OCCOc1cccc(Br)c1. The van der Waals surface area contributed by atoms with Gasteiger partial charge in [-0.05, 0) is 43.3 Å². The molecule has 1 atom stereocenters. The van der Waals surface area contributed by atoms with Crippen LogP contribution in [0, 0.1) is 0 Å². The average molecular weight is 415 g/mol. The first-order chi connectivity index (χ1) is 10.1. The van der Waals surface area contributed by atoms with E-state index in [9.17, 15) is 0 Å². The average Bonchev–Trinajstić information content (AvgIpc) is 2.44. The van der Waals surface area contributed by atoms with Crippen molar-refractivity contribution < 1.29 is 9.47 Å². The van der Waals surface area contributed by atoms with Crippen LogP contribution in [0.5, 0.6) is 11.5 Å². The zero-order chi connectivity index (χ0) is 15.2. The molecule has 0 aliphatic carbocycles. The maximum atomic E-state index is 5.96. The molecule has 0 aliphatic rings. The van der Waals surface area contributed by atoms with Crippen molar-refractivity contribution in [1.29, 1.82) is 0 Å². The fourth-order valence-electron chi connectivity index (χ4n) is 1.87. The molecule has 0 heterocycles. The van der Waals surface area contributed by atoms with Crippen molar-refractivity contribution in [2.75, 3.05) is 13.2 Å². The predicted molar refractivity (Wildman–Crippen MR) is 91.9 cm³/mol. The largest absolute Gasteiger partial charge is 0.490 e. The molecule has 5 heteroatoms. The second kappa shape index (κ2) is 7.82. The van der Waals surface area contributed by atoms with Crippen LogP contribution in [0.2, 0.25) is 0 Å². The Morgan fingerprint density at radius 1 is 1.00 bits per heavy atom. The normalized spacial score (nSPS) is 12.0. The van der Waals surface area contributed by atoms with E-state index in [1.165, 1.54) is 0 Å². The molecule has 2 aromatic carbocycles. The van der Waals surface area contributed by atoms with E-state index < -0.39 is 0 Å². The third-order valence-electron chi connectivity index (χ3n) is 2.87. The molecule has 2 rings (SSSR count). The number of hydrogen-bond donors (Lipinski definition) is 1. The standard InChI is InChI=1S/C16H17Br2NO2/c1-11(19)15-10-13(18)5-6-16(15)21-8-7-20-14-4-2-3-12(17)9-14/h2-6,9-11H,7-8,19H2,1H3/t11-/m1/s1. The van der Waals surface area contributed by atoms with Crippen LogP contribution in [0.1, 0.15) is 18.5 Å². The number of benzene rings is 2. The molecular weight excluding hydrogens is 398 g/mol. The summed E-state index contributed by atoms with van der Waals surface area (Å²) in [6.07, 6.45) is 0. The van der Waals surface area contributed by atoms with Gasteiger partial charge in [0.2, 0.25) is 0 Å². The topological polar surface area (TPSA) is 44.5 Å². The Hall–Kier alpha value is -1.04. The molecule has 2 aromatic rings. The Labute approximate surface area is 141 Å². The molecule has 3 nitrogen and oxygen atoms in total. The van der Waals surface area contributed by atoms with Crippen LogP contribution in [-0.2, 0) is 0 Å². The van der Waals surface area contributed by atoms with Gasteiger partial charge in [-0.15, -0.1) is 0 Å². The van der Waals surface area contributed by atoms with Crippen molar-refractivity contribution >= 4 is 31.9 Å². The lowest BCUT2D eigenvalue weighted by Gasteiger charge is -2.15. The van der Waals surface area contributed by atoms with E-state index in [-0.39, 0.29) is 6.04 Å². The van der Waals surface area contributed by atoms with Gasteiger partial charge in [0.1, 0.15) is 24.7 Å². The molecule has 0 unspecified atom stereocenters. The lowest BCUT2D eigenvalue weighted by atomic mass is 10.1. The number of ether oxygens (including phenoxy) is 2. The van der Waals surface area contributed by atoms with Crippen molar-refractivity contribution in [1.82, 2.24) is 0 Å². The van der Waals surface area contributed by atoms with Crippen molar-refractivity contribution in [3.63, 3.8) is 0 Å². The Balaban J connectivity index is 1.89. The molecule has 0 aliphatic heterocycles. The summed E-state index contributed by atoms with van der Waals surface area (Å²) >= 11 is 6.85. The van der Waals surface area contributed by atoms with E-state index in [2.05, 4.69) is 31.9 Å². The molecular formula is C16H17Br2NO2. The van der Waals surface area contributed by atoms with Gasteiger partial charge < -0.3 is 15.2 Å².